The molecule has 0 fully saturated rings. The molecule has 0 amide bonds. The summed E-state index contributed by atoms with van der Waals surface area (Å²) in [7, 11) is 3.36. The van der Waals surface area contributed by atoms with Gasteiger partial charge >= 0.3 is 5.97 Å². The number of nitrogens with zero attached hydrogens (tertiary/aromatic N) is 1. The molecule has 0 bridgehead atoms. The molecule has 0 radical (unpaired) electrons. The first-order valence-corrected chi connectivity index (χ1v) is 10.4. The Bertz CT molecular complexity index is 1350. The zero-order valence-corrected chi connectivity index (χ0v) is 18.3. The van der Waals surface area contributed by atoms with Gasteiger partial charge in [0.1, 0.15) is 0 Å². The van der Waals surface area contributed by atoms with E-state index < -0.39 is 5.97 Å². The summed E-state index contributed by atoms with van der Waals surface area (Å²) >= 11 is 0. The summed E-state index contributed by atoms with van der Waals surface area (Å²) in [5, 5.41) is 10.5. The van der Waals surface area contributed by atoms with Crippen molar-refractivity contribution in [2.24, 2.45) is 7.05 Å². The van der Waals surface area contributed by atoms with Crippen LogP contribution in [-0.4, -0.2) is 35.1 Å². The molecule has 1 aromatic heterocycles. The quantitative estimate of drug-likeness (QED) is 0.248. The van der Waals surface area contributed by atoms with Crippen molar-refractivity contribution in [1.29, 1.82) is 0 Å². The Morgan fingerprint density at radius 1 is 1.00 bits per heavy atom. The number of methoxy groups -OCH3 is 1. The van der Waals surface area contributed by atoms with Crippen molar-refractivity contribution >= 4 is 28.7 Å². The first kappa shape index (κ1) is 21.9. The van der Waals surface area contributed by atoms with Gasteiger partial charge in [-0.25, -0.2) is 4.79 Å². The molecule has 1 N–H and O–H groups in total. The van der Waals surface area contributed by atoms with E-state index in [1.165, 1.54) is 25.3 Å². The number of fused-ring (bicyclic) bond motifs is 1. The number of phenols is 1. The van der Waals surface area contributed by atoms with Gasteiger partial charge in [-0.3, -0.25) is 4.79 Å². The molecule has 3 aromatic carbocycles. The number of Topliss-reactive ketones (excluding diaryl/α,β-unsaturated/α-hetero) is 1. The molecular weight excluding hydrogens is 418 g/mol. The summed E-state index contributed by atoms with van der Waals surface area (Å²) in [5.41, 5.74) is 3.79. The lowest BCUT2D eigenvalue weighted by molar-refractivity contribution is -0.136. The molecule has 4 aromatic rings. The zero-order chi connectivity index (χ0) is 23.4. The Labute approximate surface area is 191 Å². The second-order valence-corrected chi connectivity index (χ2v) is 7.46. The first-order valence-electron chi connectivity index (χ1n) is 10.4. The number of rotatable bonds is 7. The topological polar surface area (TPSA) is 77.8 Å². The van der Waals surface area contributed by atoms with E-state index in [9.17, 15) is 14.7 Å². The van der Waals surface area contributed by atoms with Crippen molar-refractivity contribution in [3.8, 4) is 22.8 Å². The predicted octanol–water partition coefficient (Wildman–Crippen LogP) is 5.00. The van der Waals surface area contributed by atoms with Gasteiger partial charge in [0, 0.05) is 24.0 Å². The fraction of sp³-hybridized carbons (Fsp3) is 0.111. The van der Waals surface area contributed by atoms with Crippen LogP contribution < -0.4 is 4.74 Å². The molecule has 0 unspecified atom stereocenters. The highest BCUT2D eigenvalue weighted by molar-refractivity contribution is 6.14. The van der Waals surface area contributed by atoms with Crippen LogP contribution in [0, 0.1) is 0 Å². The number of aromatic nitrogens is 1. The molecule has 0 spiro atoms. The molecule has 166 valence electrons. The number of aryl methyl sites for hydroxylation is 1. The molecular formula is C27H23NO5. The van der Waals surface area contributed by atoms with E-state index in [0.717, 1.165) is 22.2 Å². The van der Waals surface area contributed by atoms with Gasteiger partial charge in [-0.05, 0) is 35.4 Å². The monoisotopic (exact) mass is 441 g/mol. The van der Waals surface area contributed by atoms with Crippen molar-refractivity contribution in [2.45, 2.75) is 0 Å². The van der Waals surface area contributed by atoms with Crippen molar-refractivity contribution in [3.05, 3.63) is 90.0 Å². The van der Waals surface area contributed by atoms with Crippen LogP contribution >= 0.6 is 0 Å². The average Bonchev–Trinajstić information content (AvgIpc) is 3.15. The highest BCUT2D eigenvalue weighted by atomic mass is 16.5. The van der Waals surface area contributed by atoms with Gasteiger partial charge in [-0.1, -0.05) is 54.6 Å². The minimum Gasteiger partial charge on any atom is -0.504 e. The second-order valence-electron chi connectivity index (χ2n) is 7.46. The number of hydrogen-bond donors (Lipinski definition) is 1. The largest absolute Gasteiger partial charge is 0.504 e. The van der Waals surface area contributed by atoms with E-state index in [1.807, 2.05) is 66.2 Å². The summed E-state index contributed by atoms with van der Waals surface area (Å²) in [6.07, 6.45) is 2.77. The van der Waals surface area contributed by atoms with Crippen LogP contribution in [0.1, 0.15) is 15.9 Å². The van der Waals surface area contributed by atoms with E-state index in [2.05, 4.69) is 0 Å². The van der Waals surface area contributed by atoms with Gasteiger partial charge in [-0.2, -0.15) is 0 Å². The van der Waals surface area contributed by atoms with E-state index in [4.69, 9.17) is 9.47 Å². The smallest absolute Gasteiger partial charge is 0.331 e. The Morgan fingerprint density at radius 3 is 2.48 bits per heavy atom. The molecule has 4 rings (SSSR count). The van der Waals surface area contributed by atoms with E-state index in [0.29, 0.717) is 16.9 Å². The maximum atomic E-state index is 13.2. The fourth-order valence-corrected chi connectivity index (χ4v) is 3.83. The van der Waals surface area contributed by atoms with Gasteiger partial charge in [0.05, 0.1) is 18.4 Å². The normalized spacial score (nSPS) is 11.1. The van der Waals surface area contributed by atoms with Gasteiger partial charge in [-0.15, -0.1) is 0 Å². The average molecular weight is 441 g/mol. The third-order valence-corrected chi connectivity index (χ3v) is 5.39. The summed E-state index contributed by atoms with van der Waals surface area (Å²) in [5.74, 6) is -0.618. The Kier molecular flexibility index (Phi) is 6.26. The third-order valence-electron chi connectivity index (χ3n) is 5.39. The Hall–Kier alpha value is -4.32. The third kappa shape index (κ3) is 4.50. The molecule has 33 heavy (non-hydrogen) atoms. The van der Waals surface area contributed by atoms with Gasteiger partial charge in [0.15, 0.2) is 18.1 Å². The molecule has 6 nitrogen and oxygen atoms in total. The number of carbonyl (C=O) groups excluding carboxylic acids is 2. The van der Waals surface area contributed by atoms with Crippen LogP contribution in [-0.2, 0) is 16.6 Å². The number of ketones is 1. The zero-order valence-electron chi connectivity index (χ0n) is 18.3. The Balaban J connectivity index is 1.55. The number of ether oxygens (including phenoxy) is 2. The van der Waals surface area contributed by atoms with Crippen molar-refractivity contribution in [2.75, 3.05) is 13.7 Å². The highest BCUT2D eigenvalue weighted by Crippen LogP contribution is 2.33. The molecule has 0 atom stereocenters. The standard InChI is InChI=1S/C27H23NO5/c1-28-21-11-7-6-10-20(21)26(27(28)19-8-4-3-5-9-19)23(30)17-33-25(31)15-13-18-12-14-22(29)24(16-18)32-2/h3-16,29H,17H2,1-2H3. The molecule has 0 aliphatic rings. The van der Waals surface area contributed by atoms with E-state index in [1.54, 1.807) is 12.1 Å². The molecule has 6 heteroatoms. The molecule has 0 aliphatic heterocycles. The number of phenolic OH excluding ortho intramolecular Hbond substituents is 1. The number of carbonyl (C=O) groups is 2. The van der Waals surface area contributed by atoms with Crippen LogP contribution in [0.3, 0.4) is 0 Å². The fourth-order valence-electron chi connectivity index (χ4n) is 3.83. The lowest BCUT2D eigenvalue weighted by atomic mass is 10.0. The van der Waals surface area contributed by atoms with Crippen molar-refractivity contribution in [1.82, 2.24) is 4.57 Å². The summed E-state index contributed by atoms with van der Waals surface area (Å²) in [4.78, 5) is 25.5. The van der Waals surface area contributed by atoms with Crippen molar-refractivity contribution < 1.29 is 24.2 Å². The van der Waals surface area contributed by atoms with E-state index in [-0.39, 0.29) is 18.1 Å². The molecule has 0 saturated heterocycles. The van der Waals surface area contributed by atoms with Gasteiger partial charge in [0.2, 0.25) is 5.78 Å². The van der Waals surface area contributed by atoms with Gasteiger partial charge in [0.25, 0.3) is 0 Å². The summed E-state index contributed by atoms with van der Waals surface area (Å²) < 4.78 is 12.3. The number of esters is 1. The number of hydrogen-bond acceptors (Lipinski definition) is 5. The highest BCUT2D eigenvalue weighted by Gasteiger charge is 2.22. The van der Waals surface area contributed by atoms with Crippen LogP contribution in [0.5, 0.6) is 11.5 Å². The molecule has 0 saturated carbocycles. The van der Waals surface area contributed by atoms with Crippen molar-refractivity contribution in [3.63, 3.8) is 0 Å². The predicted molar refractivity (Wildman–Crippen MR) is 127 cm³/mol. The number of benzene rings is 3. The maximum absolute atomic E-state index is 13.2. The number of aromatic hydroxyl groups is 1. The lowest BCUT2D eigenvalue weighted by Crippen LogP contribution is -2.13. The lowest BCUT2D eigenvalue weighted by Gasteiger charge is -2.08. The van der Waals surface area contributed by atoms with Crippen LogP contribution in [0.4, 0.5) is 0 Å². The minimum absolute atomic E-state index is 0.00660. The SMILES string of the molecule is COc1cc(C=CC(=O)OCC(=O)c2c(-c3ccccc3)n(C)c3ccccc23)ccc1O. The summed E-state index contributed by atoms with van der Waals surface area (Å²) in [6, 6.07) is 22.0. The Morgan fingerprint density at radius 2 is 1.73 bits per heavy atom. The minimum atomic E-state index is -0.642. The summed E-state index contributed by atoms with van der Waals surface area (Å²) in [6.45, 7) is -0.379. The molecule has 1 heterocycles. The van der Waals surface area contributed by atoms with Crippen LogP contribution in [0.25, 0.3) is 28.2 Å². The maximum Gasteiger partial charge on any atom is 0.331 e. The van der Waals surface area contributed by atoms with Crippen LogP contribution in [0.2, 0.25) is 0 Å². The molecule has 0 aliphatic carbocycles. The first-order chi connectivity index (χ1) is 16.0. The number of para-hydroxylation sites is 1. The van der Waals surface area contributed by atoms with Gasteiger partial charge < -0.3 is 19.1 Å². The second kappa shape index (κ2) is 9.44. The van der Waals surface area contributed by atoms with Crippen LogP contribution in [0.15, 0.2) is 78.9 Å². The van der Waals surface area contributed by atoms with E-state index >= 15 is 0 Å².